The van der Waals surface area contributed by atoms with Gasteiger partial charge < -0.3 is 10.6 Å². The molecule has 1 unspecified atom stereocenters. The van der Waals surface area contributed by atoms with Gasteiger partial charge in [-0.25, -0.2) is 0 Å². The molecule has 3 heteroatoms. The van der Waals surface area contributed by atoms with Crippen LogP contribution in [0.4, 0.5) is 0 Å². The predicted octanol–water partition coefficient (Wildman–Crippen LogP) is 1.68. The minimum Gasteiger partial charge on any atom is -0.352 e. The predicted molar refractivity (Wildman–Crippen MR) is 62.7 cm³/mol. The molecule has 0 aromatic carbocycles. The van der Waals surface area contributed by atoms with Gasteiger partial charge in [0.2, 0.25) is 5.91 Å². The van der Waals surface area contributed by atoms with Gasteiger partial charge in [0.15, 0.2) is 0 Å². The van der Waals surface area contributed by atoms with Gasteiger partial charge in [-0.15, -0.1) is 0 Å². The summed E-state index contributed by atoms with van der Waals surface area (Å²) in [6.07, 6.45) is 4.88. The third kappa shape index (κ3) is 4.65. The summed E-state index contributed by atoms with van der Waals surface area (Å²) in [5.74, 6) is 0.162. The minimum atomic E-state index is -0.275. The van der Waals surface area contributed by atoms with Crippen LogP contribution in [-0.2, 0) is 4.79 Å². The molecule has 88 valence electrons. The lowest BCUT2D eigenvalue weighted by atomic mass is 9.94. The lowest BCUT2D eigenvalue weighted by Crippen LogP contribution is -2.47. The number of carbonyl (C=O) groups excluding carboxylic acids is 1. The smallest absolute Gasteiger partial charge is 0.225 e. The Labute approximate surface area is 93.0 Å². The summed E-state index contributed by atoms with van der Waals surface area (Å²) in [7, 11) is 0. The molecule has 1 aliphatic heterocycles. The van der Waals surface area contributed by atoms with Gasteiger partial charge in [0.1, 0.15) is 0 Å². The summed E-state index contributed by atoms with van der Waals surface area (Å²) in [4.78, 5) is 11.8. The zero-order chi connectivity index (χ0) is 11.3. The van der Waals surface area contributed by atoms with Gasteiger partial charge in [-0.05, 0) is 19.4 Å². The molecule has 0 radical (unpaired) electrons. The molecule has 1 fully saturated rings. The van der Waals surface area contributed by atoms with Crippen molar-refractivity contribution in [2.45, 2.75) is 52.5 Å². The first-order chi connectivity index (χ1) is 7.00. The first kappa shape index (κ1) is 12.5. The summed E-state index contributed by atoms with van der Waals surface area (Å²) in [6.45, 7) is 7.87. The molecule has 0 spiro atoms. The molecule has 0 aromatic heterocycles. The number of rotatable bonds is 1. The Hall–Kier alpha value is -0.570. The zero-order valence-electron chi connectivity index (χ0n) is 10.2. The summed E-state index contributed by atoms with van der Waals surface area (Å²) >= 11 is 0. The Balaban J connectivity index is 2.38. The van der Waals surface area contributed by atoms with Crippen LogP contribution in [0.2, 0.25) is 0 Å². The van der Waals surface area contributed by atoms with E-state index in [0.717, 1.165) is 19.5 Å². The zero-order valence-corrected chi connectivity index (χ0v) is 10.2. The molecule has 15 heavy (non-hydrogen) atoms. The number of amides is 1. The third-order valence-electron chi connectivity index (χ3n) is 2.81. The van der Waals surface area contributed by atoms with E-state index in [4.69, 9.17) is 0 Å². The summed E-state index contributed by atoms with van der Waals surface area (Å²) in [6, 6.07) is 0.317. The van der Waals surface area contributed by atoms with Crippen LogP contribution in [0.25, 0.3) is 0 Å². The van der Waals surface area contributed by atoms with Crippen molar-refractivity contribution < 1.29 is 4.79 Å². The second-order valence-electron chi connectivity index (χ2n) is 5.47. The van der Waals surface area contributed by atoms with Crippen molar-refractivity contribution in [2.75, 3.05) is 13.1 Å². The quantitative estimate of drug-likeness (QED) is 0.694. The molecule has 1 heterocycles. The molecule has 3 nitrogen and oxygen atoms in total. The van der Waals surface area contributed by atoms with Gasteiger partial charge in [-0.1, -0.05) is 33.6 Å². The van der Waals surface area contributed by atoms with Crippen LogP contribution in [0.5, 0.6) is 0 Å². The van der Waals surface area contributed by atoms with Gasteiger partial charge >= 0.3 is 0 Å². The van der Waals surface area contributed by atoms with E-state index in [1.165, 1.54) is 19.3 Å². The molecule has 1 aliphatic rings. The second kappa shape index (κ2) is 5.50. The maximum atomic E-state index is 11.8. The minimum absolute atomic E-state index is 0.162. The normalized spacial score (nSPS) is 24.1. The van der Waals surface area contributed by atoms with E-state index in [-0.39, 0.29) is 11.3 Å². The van der Waals surface area contributed by atoms with E-state index in [2.05, 4.69) is 10.6 Å². The SMILES string of the molecule is CC(C)(C)C(=O)NC1CCCCCNC1. The summed E-state index contributed by atoms with van der Waals surface area (Å²) < 4.78 is 0. The van der Waals surface area contributed by atoms with E-state index in [1.54, 1.807) is 0 Å². The first-order valence-electron chi connectivity index (χ1n) is 6.02. The van der Waals surface area contributed by atoms with Crippen LogP contribution in [0.15, 0.2) is 0 Å². The van der Waals surface area contributed by atoms with Gasteiger partial charge in [-0.3, -0.25) is 4.79 Å². The topological polar surface area (TPSA) is 41.1 Å². The molecule has 0 bridgehead atoms. The Bertz CT molecular complexity index is 200. The highest BCUT2D eigenvalue weighted by atomic mass is 16.2. The molecular weight excluding hydrogens is 188 g/mol. The van der Waals surface area contributed by atoms with Crippen molar-refractivity contribution in [3.8, 4) is 0 Å². The molecule has 1 atom stereocenters. The Morgan fingerprint density at radius 3 is 2.67 bits per heavy atom. The van der Waals surface area contributed by atoms with Gasteiger partial charge in [0, 0.05) is 18.0 Å². The van der Waals surface area contributed by atoms with E-state index >= 15 is 0 Å². The fraction of sp³-hybridized carbons (Fsp3) is 0.917. The lowest BCUT2D eigenvalue weighted by molar-refractivity contribution is -0.129. The Kier molecular flexibility index (Phi) is 4.58. The number of carbonyl (C=O) groups is 1. The molecule has 2 N–H and O–H groups in total. The highest BCUT2D eigenvalue weighted by molar-refractivity contribution is 5.81. The highest BCUT2D eigenvalue weighted by Crippen LogP contribution is 2.14. The average molecular weight is 212 g/mol. The van der Waals surface area contributed by atoms with Crippen LogP contribution in [0.3, 0.4) is 0 Å². The maximum Gasteiger partial charge on any atom is 0.225 e. The number of hydrogen-bond acceptors (Lipinski definition) is 2. The summed E-state index contributed by atoms with van der Waals surface area (Å²) in [5.41, 5.74) is -0.275. The van der Waals surface area contributed by atoms with Crippen molar-refractivity contribution in [3.63, 3.8) is 0 Å². The molecule has 1 amide bonds. The number of hydrogen-bond donors (Lipinski definition) is 2. The van der Waals surface area contributed by atoms with Crippen LogP contribution in [0, 0.1) is 5.41 Å². The molecule has 1 rings (SSSR count). The van der Waals surface area contributed by atoms with Crippen molar-refractivity contribution in [2.24, 2.45) is 5.41 Å². The van der Waals surface area contributed by atoms with E-state index in [0.29, 0.717) is 6.04 Å². The summed E-state index contributed by atoms with van der Waals surface area (Å²) in [5, 5.41) is 6.50. The van der Waals surface area contributed by atoms with Crippen molar-refractivity contribution in [1.82, 2.24) is 10.6 Å². The van der Waals surface area contributed by atoms with E-state index in [1.807, 2.05) is 20.8 Å². The fourth-order valence-electron chi connectivity index (χ4n) is 1.72. The van der Waals surface area contributed by atoms with Crippen molar-refractivity contribution in [1.29, 1.82) is 0 Å². The maximum absolute atomic E-state index is 11.8. The van der Waals surface area contributed by atoms with Crippen molar-refractivity contribution >= 4 is 5.91 Å². The van der Waals surface area contributed by atoms with Crippen molar-refractivity contribution in [3.05, 3.63) is 0 Å². The van der Waals surface area contributed by atoms with Crippen LogP contribution in [-0.4, -0.2) is 25.0 Å². The van der Waals surface area contributed by atoms with E-state index in [9.17, 15) is 4.79 Å². The van der Waals surface area contributed by atoms with Crippen LogP contribution >= 0.6 is 0 Å². The van der Waals surface area contributed by atoms with Crippen LogP contribution < -0.4 is 10.6 Å². The largest absolute Gasteiger partial charge is 0.352 e. The highest BCUT2D eigenvalue weighted by Gasteiger charge is 2.23. The Morgan fingerprint density at radius 1 is 1.27 bits per heavy atom. The monoisotopic (exact) mass is 212 g/mol. The molecule has 1 saturated heterocycles. The van der Waals surface area contributed by atoms with Gasteiger partial charge in [-0.2, -0.15) is 0 Å². The number of nitrogens with one attached hydrogen (secondary N) is 2. The van der Waals surface area contributed by atoms with E-state index < -0.39 is 0 Å². The molecule has 0 aromatic rings. The molecule has 0 aliphatic carbocycles. The first-order valence-corrected chi connectivity index (χ1v) is 6.02. The Morgan fingerprint density at radius 2 is 2.00 bits per heavy atom. The lowest BCUT2D eigenvalue weighted by Gasteiger charge is -2.26. The fourth-order valence-corrected chi connectivity index (χ4v) is 1.72. The third-order valence-corrected chi connectivity index (χ3v) is 2.81. The second-order valence-corrected chi connectivity index (χ2v) is 5.47. The van der Waals surface area contributed by atoms with Gasteiger partial charge in [0.05, 0.1) is 0 Å². The van der Waals surface area contributed by atoms with Crippen LogP contribution in [0.1, 0.15) is 46.5 Å². The molecule has 0 saturated carbocycles. The average Bonchev–Trinajstić information content (AvgIpc) is 2.07. The molecular formula is C12H24N2O. The standard InChI is InChI=1S/C12H24N2O/c1-12(2,3)11(15)14-10-7-5-4-6-8-13-9-10/h10,13H,4-9H2,1-3H3,(H,14,15). The van der Waals surface area contributed by atoms with Gasteiger partial charge in [0.25, 0.3) is 0 Å².